The first kappa shape index (κ1) is 15.3. The second kappa shape index (κ2) is 6.28. The number of hydrazine groups is 1. The Morgan fingerprint density at radius 3 is 2.04 bits per heavy atom. The van der Waals surface area contributed by atoms with E-state index in [0.717, 1.165) is 5.01 Å². The van der Waals surface area contributed by atoms with Crippen molar-refractivity contribution in [3.63, 3.8) is 0 Å². The molecule has 116 valence electrons. The van der Waals surface area contributed by atoms with Gasteiger partial charge in [0.2, 0.25) is 4.91 Å². The molecule has 0 aromatic heterocycles. The van der Waals surface area contributed by atoms with E-state index in [0.29, 0.717) is 11.3 Å². The van der Waals surface area contributed by atoms with E-state index in [1.54, 1.807) is 48.5 Å². The third kappa shape index (κ3) is 2.86. The summed E-state index contributed by atoms with van der Waals surface area (Å²) in [5.74, 6) is -1.09. The standard InChI is InChI=1S/C17H14N2O3S/c1-23(22)15-14(12-8-4-2-5-9-12)16(20)19(17(15)21)18-13-10-6-3-7-11-13/h2-11,18H,1H3. The van der Waals surface area contributed by atoms with Crippen molar-refractivity contribution in [2.75, 3.05) is 11.7 Å². The minimum absolute atomic E-state index is 0.0182. The highest BCUT2D eigenvalue weighted by molar-refractivity contribution is 7.95. The van der Waals surface area contributed by atoms with Crippen LogP contribution in [0.2, 0.25) is 0 Å². The summed E-state index contributed by atoms with van der Waals surface area (Å²) in [6.07, 6.45) is 1.40. The van der Waals surface area contributed by atoms with Gasteiger partial charge in [0.15, 0.2) is 0 Å². The van der Waals surface area contributed by atoms with Crippen LogP contribution >= 0.6 is 0 Å². The molecule has 0 saturated heterocycles. The first-order chi connectivity index (χ1) is 11.1. The van der Waals surface area contributed by atoms with E-state index >= 15 is 0 Å². The number of benzene rings is 2. The highest BCUT2D eigenvalue weighted by atomic mass is 32.2. The van der Waals surface area contributed by atoms with Crippen LogP contribution in [0.25, 0.3) is 5.57 Å². The lowest BCUT2D eigenvalue weighted by Crippen LogP contribution is -2.37. The predicted molar refractivity (Wildman–Crippen MR) is 89.3 cm³/mol. The van der Waals surface area contributed by atoms with Crippen LogP contribution in [0.4, 0.5) is 5.69 Å². The van der Waals surface area contributed by atoms with Crippen molar-refractivity contribution in [2.24, 2.45) is 0 Å². The Hall–Kier alpha value is -2.57. The maximum absolute atomic E-state index is 12.7. The number of hydrogen-bond acceptors (Lipinski definition) is 4. The molecule has 1 unspecified atom stereocenters. The Balaban J connectivity index is 2.00. The Labute approximate surface area is 136 Å². The number of carbonyl (C=O) groups excluding carboxylic acids is 2. The van der Waals surface area contributed by atoms with Crippen LogP contribution < -0.4 is 5.43 Å². The maximum Gasteiger partial charge on any atom is 0.328 e. The number of hydrogen-bond donors (Lipinski definition) is 1. The van der Waals surface area contributed by atoms with E-state index in [1.807, 2.05) is 12.1 Å². The van der Waals surface area contributed by atoms with Gasteiger partial charge in [-0.2, -0.15) is 5.01 Å². The average Bonchev–Trinajstić information content (AvgIpc) is 2.81. The number of nitrogens with one attached hydrogen (secondary N) is 1. The Bertz CT molecular complexity index is 773. The zero-order chi connectivity index (χ0) is 16.4. The number of nitrogens with zero attached hydrogens (tertiary/aromatic N) is 1. The number of para-hydroxylation sites is 1. The van der Waals surface area contributed by atoms with Crippen LogP contribution in [0.1, 0.15) is 5.56 Å². The van der Waals surface area contributed by atoms with Crippen molar-refractivity contribution in [3.8, 4) is 0 Å². The Morgan fingerprint density at radius 2 is 1.48 bits per heavy atom. The average molecular weight is 326 g/mol. The van der Waals surface area contributed by atoms with Gasteiger partial charge in [-0.25, -0.2) is 0 Å². The molecular weight excluding hydrogens is 312 g/mol. The van der Waals surface area contributed by atoms with Gasteiger partial charge in [-0.05, 0) is 28.9 Å². The van der Waals surface area contributed by atoms with Crippen molar-refractivity contribution in [1.82, 2.24) is 5.01 Å². The van der Waals surface area contributed by atoms with Crippen LogP contribution in [0, 0.1) is 0 Å². The second-order valence-electron chi connectivity index (χ2n) is 4.95. The molecule has 23 heavy (non-hydrogen) atoms. The second-order valence-corrected chi connectivity index (χ2v) is 6.26. The Kier molecular flexibility index (Phi) is 4.18. The number of imide groups is 1. The molecule has 0 bridgehead atoms. The molecule has 0 radical (unpaired) electrons. The summed E-state index contributed by atoms with van der Waals surface area (Å²) in [5.41, 5.74) is 4.14. The van der Waals surface area contributed by atoms with Gasteiger partial charge in [-0.15, -0.1) is 0 Å². The van der Waals surface area contributed by atoms with Crippen molar-refractivity contribution in [2.45, 2.75) is 0 Å². The fraction of sp³-hybridized carbons (Fsp3) is 0.0588. The summed E-state index contributed by atoms with van der Waals surface area (Å²) in [4.78, 5) is 25.2. The summed E-state index contributed by atoms with van der Waals surface area (Å²) < 4.78 is 12.0. The van der Waals surface area contributed by atoms with Crippen LogP contribution in [-0.4, -0.2) is 27.6 Å². The van der Waals surface area contributed by atoms with Crippen molar-refractivity contribution in [1.29, 1.82) is 0 Å². The minimum atomic E-state index is -1.57. The quantitative estimate of drug-likeness (QED) is 0.690. The molecule has 0 fully saturated rings. The molecule has 0 aliphatic carbocycles. The van der Waals surface area contributed by atoms with Crippen LogP contribution in [0.15, 0.2) is 65.6 Å². The van der Waals surface area contributed by atoms with Crippen molar-refractivity contribution in [3.05, 3.63) is 71.1 Å². The Morgan fingerprint density at radius 1 is 0.913 bits per heavy atom. The van der Waals surface area contributed by atoms with E-state index in [2.05, 4.69) is 5.43 Å². The third-order valence-electron chi connectivity index (χ3n) is 3.41. The lowest BCUT2D eigenvalue weighted by molar-refractivity contribution is -0.134. The van der Waals surface area contributed by atoms with Crippen molar-refractivity contribution >= 4 is 34.3 Å². The van der Waals surface area contributed by atoms with E-state index in [-0.39, 0.29) is 10.5 Å². The van der Waals surface area contributed by atoms with Gasteiger partial charge in [0.1, 0.15) is 11.8 Å². The van der Waals surface area contributed by atoms with Gasteiger partial charge in [-0.1, -0.05) is 48.5 Å². The largest absolute Gasteiger partial charge is 0.611 e. The fourth-order valence-electron chi connectivity index (χ4n) is 2.38. The predicted octanol–water partition coefficient (Wildman–Crippen LogP) is 2.17. The molecule has 3 rings (SSSR count). The molecule has 1 aliphatic rings. The number of amides is 2. The first-order valence-electron chi connectivity index (χ1n) is 6.93. The van der Waals surface area contributed by atoms with E-state index in [1.165, 1.54) is 6.26 Å². The highest BCUT2D eigenvalue weighted by Crippen LogP contribution is 2.32. The third-order valence-corrected chi connectivity index (χ3v) is 4.36. The topological polar surface area (TPSA) is 72.5 Å². The normalized spacial score (nSPS) is 16.0. The zero-order valence-electron chi connectivity index (χ0n) is 12.4. The molecule has 0 saturated carbocycles. The summed E-state index contributed by atoms with van der Waals surface area (Å²) in [7, 11) is 0. The summed E-state index contributed by atoms with van der Waals surface area (Å²) in [6, 6.07) is 17.7. The molecule has 0 spiro atoms. The van der Waals surface area contributed by atoms with Crippen molar-refractivity contribution < 1.29 is 14.1 Å². The number of carbonyl (C=O) groups is 2. The molecule has 1 heterocycles. The molecule has 1 N–H and O–H groups in total. The zero-order valence-corrected chi connectivity index (χ0v) is 13.2. The molecule has 2 aromatic carbocycles. The van der Waals surface area contributed by atoms with Gasteiger partial charge >= 0.3 is 5.91 Å². The van der Waals surface area contributed by atoms with Gasteiger partial charge in [0.05, 0.1) is 5.69 Å². The SMILES string of the molecule is C[S+]([O-])C1=C(c2ccccc2)C(=O)N(Nc2ccccc2)C1=O. The van der Waals surface area contributed by atoms with Gasteiger partial charge in [0, 0.05) is 0 Å². The first-order valence-corrected chi connectivity index (χ1v) is 8.49. The highest BCUT2D eigenvalue weighted by Gasteiger charge is 2.45. The van der Waals surface area contributed by atoms with Crippen LogP contribution in [-0.2, 0) is 20.8 Å². The molecule has 2 amide bonds. The van der Waals surface area contributed by atoms with Crippen LogP contribution in [0.3, 0.4) is 0 Å². The monoisotopic (exact) mass is 326 g/mol. The molecule has 5 nitrogen and oxygen atoms in total. The van der Waals surface area contributed by atoms with E-state index in [9.17, 15) is 14.1 Å². The number of rotatable bonds is 4. The van der Waals surface area contributed by atoms with E-state index in [4.69, 9.17) is 0 Å². The molecular formula is C17H14N2O3S. The van der Waals surface area contributed by atoms with Gasteiger partial charge in [0.25, 0.3) is 5.91 Å². The van der Waals surface area contributed by atoms with E-state index < -0.39 is 23.0 Å². The van der Waals surface area contributed by atoms with Gasteiger partial charge < -0.3 is 4.55 Å². The molecule has 1 atom stereocenters. The molecule has 2 aromatic rings. The minimum Gasteiger partial charge on any atom is -0.611 e. The fourth-order valence-corrected chi connectivity index (χ4v) is 3.21. The summed E-state index contributed by atoms with van der Waals surface area (Å²) >= 11 is -1.57. The lowest BCUT2D eigenvalue weighted by Gasteiger charge is -2.16. The maximum atomic E-state index is 12.7. The van der Waals surface area contributed by atoms with Crippen LogP contribution in [0.5, 0.6) is 0 Å². The lowest BCUT2D eigenvalue weighted by atomic mass is 10.1. The molecule has 1 aliphatic heterocycles. The van der Waals surface area contributed by atoms with Gasteiger partial charge in [-0.3, -0.25) is 15.0 Å². The summed E-state index contributed by atoms with van der Waals surface area (Å²) in [6.45, 7) is 0. The molecule has 6 heteroatoms. The smallest absolute Gasteiger partial charge is 0.328 e. The summed E-state index contributed by atoms with van der Waals surface area (Å²) in [5, 5.41) is 0.911. The number of anilines is 1.